The van der Waals surface area contributed by atoms with Gasteiger partial charge in [-0.15, -0.1) is 0 Å². The number of ether oxygens (including phenoxy) is 3. The van der Waals surface area contributed by atoms with E-state index in [0.29, 0.717) is 17.3 Å². The Morgan fingerprint density at radius 2 is 1.97 bits per heavy atom. The van der Waals surface area contributed by atoms with Gasteiger partial charge in [0.15, 0.2) is 6.79 Å². The van der Waals surface area contributed by atoms with Crippen molar-refractivity contribution < 1.29 is 23.4 Å². The summed E-state index contributed by atoms with van der Waals surface area (Å²) in [5, 5.41) is 3.92. The van der Waals surface area contributed by atoms with Crippen molar-refractivity contribution in [1.82, 2.24) is 14.9 Å². The topological polar surface area (TPSA) is 85.8 Å². The van der Waals surface area contributed by atoms with Crippen molar-refractivity contribution in [3.8, 4) is 5.75 Å². The van der Waals surface area contributed by atoms with Crippen LogP contribution in [0.4, 0.5) is 15.9 Å². The number of rotatable bonds is 9. The van der Waals surface area contributed by atoms with Crippen LogP contribution in [0.1, 0.15) is 25.7 Å². The molecule has 1 amide bonds. The maximum absolute atomic E-state index is 13.5. The zero-order valence-electron chi connectivity index (χ0n) is 19.7. The van der Waals surface area contributed by atoms with E-state index in [1.807, 2.05) is 25.2 Å². The molecule has 3 aromatic rings. The fourth-order valence-corrected chi connectivity index (χ4v) is 4.34. The number of likely N-dealkylation sites (N-methyl/N-ethyl adjacent to an activating group) is 1. The van der Waals surface area contributed by atoms with Crippen molar-refractivity contribution in [3.05, 3.63) is 53.6 Å². The Balaban J connectivity index is 1.33. The Morgan fingerprint density at radius 3 is 2.71 bits per heavy atom. The summed E-state index contributed by atoms with van der Waals surface area (Å²) in [7, 11) is 3.35. The molecule has 1 aromatic heterocycles. The maximum Gasteiger partial charge on any atom is 0.248 e. The fourth-order valence-electron chi connectivity index (χ4n) is 4.16. The van der Waals surface area contributed by atoms with Crippen LogP contribution in [0.25, 0.3) is 10.9 Å². The van der Waals surface area contributed by atoms with Crippen LogP contribution >= 0.6 is 11.6 Å². The lowest BCUT2D eigenvalue weighted by Gasteiger charge is -2.34. The van der Waals surface area contributed by atoms with Gasteiger partial charge in [0.2, 0.25) is 5.91 Å². The standard InChI is InChI=1S/C25H28ClFN4O4/c1-31(24(32)13-33-2)17-4-6-18(7-5-17)34-15-35-19-8-10-23-20(12-19)25(29-14-28-23)30-16-3-9-22(27)21(26)11-16/h3,8-12,14,17-18H,4-7,13,15H2,1-2H3,(H,28,29,30). The Labute approximate surface area is 208 Å². The van der Waals surface area contributed by atoms with Crippen LogP contribution in [-0.4, -0.2) is 60.5 Å². The molecule has 2 aromatic carbocycles. The lowest BCUT2D eigenvalue weighted by Crippen LogP contribution is -2.42. The quantitative estimate of drug-likeness (QED) is 0.415. The predicted molar refractivity (Wildman–Crippen MR) is 132 cm³/mol. The van der Waals surface area contributed by atoms with Crippen LogP contribution in [-0.2, 0) is 14.3 Å². The second kappa shape index (κ2) is 11.6. The van der Waals surface area contributed by atoms with Crippen LogP contribution in [0.15, 0.2) is 42.7 Å². The molecule has 10 heteroatoms. The number of hydrogen-bond acceptors (Lipinski definition) is 7. The van der Waals surface area contributed by atoms with Gasteiger partial charge in [0.25, 0.3) is 0 Å². The molecule has 0 bridgehead atoms. The Bertz CT molecular complexity index is 1170. The molecule has 186 valence electrons. The molecule has 0 saturated heterocycles. The molecule has 0 radical (unpaired) electrons. The SMILES string of the molecule is COCC(=O)N(C)C1CCC(OCOc2ccc3ncnc(Nc4ccc(F)c(Cl)c4)c3c2)CC1. The Hall–Kier alpha value is -3.01. The van der Waals surface area contributed by atoms with Gasteiger partial charge in [-0.05, 0) is 62.1 Å². The van der Waals surface area contributed by atoms with E-state index >= 15 is 0 Å². The van der Waals surface area contributed by atoms with Crippen molar-refractivity contribution in [2.24, 2.45) is 0 Å². The molecule has 35 heavy (non-hydrogen) atoms. The van der Waals surface area contributed by atoms with Gasteiger partial charge >= 0.3 is 0 Å². The molecule has 1 heterocycles. The average molecular weight is 503 g/mol. The second-order valence-electron chi connectivity index (χ2n) is 8.45. The molecule has 1 aliphatic rings. The molecule has 1 aliphatic carbocycles. The second-order valence-corrected chi connectivity index (χ2v) is 8.86. The van der Waals surface area contributed by atoms with Crippen molar-refractivity contribution in [3.63, 3.8) is 0 Å². The number of halogens is 2. The Morgan fingerprint density at radius 1 is 1.17 bits per heavy atom. The molecule has 1 saturated carbocycles. The number of aromatic nitrogens is 2. The van der Waals surface area contributed by atoms with E-state index in [-0.39, 0.29) is 36.5 Å². The predicted octanol–water partition coefficient (Wildman–Crippen LogP) is 4.93. The number of amides is 1. The van der Waals surface area contributed by atoms with Crippen LogP contribution < -0.4 is 10.1 Å². The zero-order chi connectivity index (χ0) is 24.8. The number of hydrogen-bond donors (Lipinski definition) is 1. The minimum absolute atomic E-state index is 0.00290. The van der Waals surface area contributed by atoms with E-state index in [2.05, 4.69) is 15.3 Å². The third-order valence-corrected chi connectivity index (χ3v) is 6.46. The largest absolute Gasteiger partial charge is 0.468 e. The van der Waals surface area contributed by atoms with Crippen molar-refractivity contribution in [2.45, 2.75) is 37.8 Å². The smallest absolute Gasteiger partial charge is 0.248 e. The minimum atomic E-state index is -0.486. The van der Waals surface area contributed by atoms with Crippen LogP contribution in [0.3, 0.4) is 0 Å². The number of carbonyl (C=O) groups is 1. The molecule has 1 N–H and O–H groups in total. The number of methoxy groups -OCH3 is 1. The lowest BCUT2D eigenvalue weighted by atomic mass is 9.92. The normalized spacial score (nSPS) is 17.8. The molecular formula is C25H28ClFN4O4. The first-order chi connectivity index (χ1) is 16.9. The summed E-state index contributed by atoms with van der Waals surface area (Å²) in [5.41, 5.74) is 1.34. The first kappa shape index (κ1) is 25.1. The molecule has 4 rings (SSSR count). The maximum atomic E-state index is 13.5. The molecule has 0 atom stereocenters. The molecule has 0 unspecified atom stereocenters. The van der Waals surface area contributed by atoms with Gasteiger partial charge in [-0.1, -0.05) is 11.6 Å². The summed E-state index contributed by atoms with van der Waals surface area (Å²) in [6.07, 6.45) is 5.02. The number of anilines is 2. The molecule has 0 aliphatic heterocycles. The molecule has 1 fully saturated rings. The average Bonchev–Trinajstić information content (AvgIpc) is 2.87. The minimum Gasteiger partial charge on any atom is -0.468 e. The van der Waals surface area contributed by atoms with Crippen LogP contribution in [0.5, 0.6) is 5.75 Å². The van der Waals surface area contributed by atoms with E-state index in [0.717, 1.165) is 36.6 Å². The highest BCUT2D eigenvalue weighted by atomic mass is 35.5. The van der Waals surface area contributed by atoms with Gasteiger partial charge in [0.05, 0.1) is 16.6 Å². The highest BCUT2D eigenvalue weighted by Gasteiger charge is 2.27. The van der Waals surface area contributed by atoms with E-state index in [9.17, 15) is 9.18 Å². The summed E-state index contributed by atoms with van der Waals surface area (Å²) in [4.78, 5) is 22.4. The first-order valence-electron chi connectivity index (χ1n) is 11.4. The van der Waals surface area contributed by atoms with E-state index in [4.69, 9.17) is 25.8 Å². The number of nitrogens with zero attached hydrogens (tertiary/aromatic N) is 3. The highest BCUT2D eigenvalue weighted by molar-refractivity contribution is 6.31. The number of fused-ring (bicyclic) bond motifs is 1. The van der Waals surface area contributed by atoms with Crippen molar-refractivity contribution in [2.75, 3.05) is 32.9 Å². The van der Waals surface area contributed by atoms with Gasteiger partial charge in [0, 0.05) is 31.3 Å². The monoisotopic (exact) mass is 502 g/mol. The summed E-state index contributed by atoms with van der Waals surface area (Å²) in [6.45, 7) is 0.218. The van der Waals surface area contributed by atoms with Crippen molar-refractivity contribution >= 4 is 39.9 Å². The number of nitrogens with one attached hydrogen (secondary N) is 1. The van der Waals surface area contributed by atoms with Gasteiger partial charge in [-0.3, -0.25) is 4.79 Å². The molecule has 8 nitrogen and oxygen atoms in total. The lowest BCUT2D eigenvalue weighted by molar-refractivity contribution is -0.137. The number of benzene rings is 2. The molecule has 0 spiro atoms. The highest BCUT2D eigenvalue weighted by Crippen LogP contribution is 2.29. The first-order valence-corrected chi connectivity index (χ1v) is 11.8. The van der Waals surface area contributed by atoms with Gasteiger partial charge < -0.3 is 24.4 Å². The van der Waals surface area contributed by atoms with E-state index in [1.165, 1.54) is 25.6 Å². The summed E-state index contributed by atoms with van der Waals surface area (Å²) in [6, 6.07) is 10.1. The third kappa shape index (κ3) is 6.36. The van der Waals surface area contributed by atoms with Gasteiger partial charge in [-0.2, -0.15) is 0 Å². The zero-order valence-corrected chi connectivity index (χ0v) is 20.4. The van der Waals surface area contributed by atoms with Crippen molar-refractivity contribution in [1.29, 1.82) is 0 Å². The van der Waals surface area contributed by atoms with E-state index in [1.54, 1.807) is 11.0 Å². The van der Waals surface area contributed by atoms with Crippen LogP contribution in [0.2, 0.25) is 5.02 Å². The van der Waals surface area contributed by atoms with Crippen LogP contribution in [0, 0.1) is 5.82 Å². The van der Waals surface area contributed by atoms with Gasteiger partial charge in [0.1, 0.15) is 30.3 Å². The Kier molecular flexibility index (Phi) is 8.33. The summed E-state index contributed by atoms with van der Waals surface area (Å²) >= 11 is 5.89. The molecular weight excluding hydrogens is 475 g/mol. The third-order valence-electron chi connectivity index (χ3n) is 6.17. The summed E-state index contributed by atoms with van der Waals surface area (Å²) < 4.78 is 30.2. The fraction of sp³-hybridized carbons (Fsp3) is 0.400. The van der Waals surface area contributed by atoms with E-state index < -0.39 is 5.82 Å². The number of carbonyl (C=O) groups excluding carboxylic acids is 1. The summed E-state index contributed by atoms with van der Waals surface area (Å²) in [5.74, 6) is 0.679. The van der Waals surface area contributed by atoms with Gasteiger partial charge in [-0.25, -0.2) is 14.4 Å².